The number of amides is 1. The number of likely N-dealkylation sites (tertiary alicyclic amines) is 1. The number of carbonyl (C=O) groups is 2. The van der Waals surface area contributed by atoms with Crippen LogP contribution in [0.5, 0.6) is 0 Å². The molecule has 1 amide bonds. The molecule has 0 spiro atoms. The molecule has 1 fully saturated rings. The molecule has 0 aliphatic carbocycles. The van der Waals surface area contributed by atoms with Crippen molar-refractivity contribution in [1.82, 2.24) is 4.90 Å². The zero-order valence-corrected chi connectivity index (χ0v) is 11.8. The Balaban J connectivity index is 2.80. The summed E-state index contributed by atoms with van der Waals surface area (Å²) in [4.78, 5) is 25.1. The van der Waals surface area contributed by atoms with Crippen molar-refractivity contribution in [1.29, 1.82) is 5.26 Å². The second-order valence-electron chi connectivity index (χ2n) is 5.83. The number of rotatable bonds is 1. The number of hydrogen-bond donors (Lipinski definition) is 0. The van der Waals surface area contributed by atoms with E-state index in [9.17, 15) is 9.59 Å². The second-order valence-corrected chi connectivity index (χ2v) is 5.83. The molecule has 106 valence electrons. The molecule has 0 bridgehead atoms. The minimum Gasteiger partial charge on any atom is -0.444 e. The molecule has 0 aromatic rings. The minimum absolute atomic E-state index is 0.301. The Morgan fingerprint density at radius 1 is 1.37 bits per heavy atom. The number of esters is 1. The van der Waals surface area contributed by atoms with Crippen molar-refractivity contribution < 1.29 is 19.1 Å². The van der Waals surface area contributed by atoms with Gasteiger partial charge in [0.1, 0.15) is 11.6 Å². The first-order valence-corrected chi connectivity index (χ1v) is 6.34. The molecule has 6 nitrogen and oxygen atoms in total. The molecular weight excluding hydrogens is 248 g/mol. The van der Waals surface area contributed by atoms with Gasteiger partial charge in [-0.2, -0.15) is 0 Å². The van der Waals surface area contributed by atoms with E-state index in [1.54, 1.807) is 20.8 Å². The van der Waals surface area contributed by atoms with Crippen molar-refractivity contribution in [3.05, 3.63) is 0 Å². The van der Waals surface area contributed by atoms with Crippen molar-refractivity contribution in [3.63, 3.8) is 0 Å². The van der Waals surface area contributed by atoms with Gasteiger partial charge < -0.3 is 9.47 Å². The standard InChI is InChI=1S/C13H20N2O4/c1-9-5-6-15(12(17)19-13(2,3)4)10(7-9)11(16)18-8-14/h9-10H,5-7H2,1-4H3. The fourth-order valence-electron chi connectivity index (χ4n) is 2.02. The highest BCUT2D eigenvalue weighted by Crippen LogP contribution is 2.25. The third kappa shape index (κ3) is 4.43. The lowest BCUT2D eigenvalue weighted by Crippen LogP contribution is -2.51. The summed E-state index contributed by atoms with van der Waals surface area (Å²) < 4.78 is 9.62. The van der Waals surface area contributed by atoms with Crippen LogP contribution in [0, 0.1) is 17.4 Å². The van der Waals surface area contributed by atoms with Crippen LogP contribution in [0.1, 0.15) is 40.5 Å². The van der Waals surface area contributed by atoms with Gasteiger partial charge in [0.2, 0.25) is 0 Å². The minimum atomic E-state index is -0.738. The maximum absolute atomic E-state index is 12.1. The summed E-state index contributed by atoms with van der Waals surface area (Å²) in [6.45, 7) is 7.72. The average molecular weight is 268 g/mol. The molecule has 0 aromatic heterocycles. The lowest BCUT2D eigenvalue weighted by Gasteiger charge is -2.37. The molecule has 2 atom stereocenters. The van der Waals surface area contributed by atoms with Gasteiger partial charge in [-0.15, -0.1) is 5.26 Å². The number of carbonyl (C=O) groups excluding carboxylic acids is 2. The van der Waals surface area contributed by atoms with Crippen LogP contribution in [0.15, 0.2) is 0 Å². The number of piperidine rings is 1. The summed E-state index contributed by atoms with van der Waals surface area (Å²) in [6, 6.07) is -0.738. The lowest BCUT2D eigenvalue weighted by atomic mass is 9.93. The van der Waals surface area contributed by atoms with E-state index in [0.717, 1.165) is 6.42 Å². The number of nitriles is 1. The molecule has 0 radical (unpaired) electrons. The number of nitrogens with zero attached hydrogens (tertiary/aromatic N) is 2. The van der Waals surface area contributed by atoms with Crippen LogP contribution in [0.2, 0.25) is 0 Å². The third-order valence-corrected chi connectivity index (χ3v) is 2.91. The van der Waals surface area contributed by atoms with Gasteiger partial charge in [0.15, 0.2) is 0 Å². The molecule has 1 aliphatic heterocycles. The SMILES string of the molecule is CC1CCN(C(=O)OC(C)(C)C)C(C(=O)OC#N)C1. The van der Waals surface area contributed by atoms with Gasteiger partial charge in [0.25, 0.3) is 6.26 Å². The largest absolute Gasteiger partial charge is 0.444 e. The van der Waals surface area contributed by atoms with Gasteiger partial charge in [0.05, 0.1) is 0 Å². The highest BCUT2D eigenvalue weighted by atomic mass is 16.6. The van der Waals surface area contributed by atoms with Crippen molar-refractivity contribution in [3.8, 4) is 6.26 Å². The summed E-state index contributed by atoms with van der Waals surface area (Å²) in [5, 5.41) is 8.42. The Hall–Kier alpha value is -1.77. The van der Waals surface area contributed by atoms with Crippen LogP contribution >= 0.6 is 0 Å². The Kier molecular flexibility index (Phi) is 4.76. The lowest BCUT2D eigenvalue weighted by molar-refractivity contribution is -0.145. The van der Waals surface area contributed by atoms with E-state index >= 15 is 0 Å². The van der Waals surface area contributed by atoms with E-state index < -0.39 is 23.7 Å². The Morgan fingerprint density at radius 3 is 2.53 bits per heavy atom. The van der Waals surface area contributed by atoms with Crippen molar-refractivity contribution in [2.45, 2.75) is 52.2 Å². The first-order chi connectivity index (χ1) is 8.74. The summed E-state index contributed by atoms with van der Waals surface area (Å²) in [7, 11) is 0. The zero-order chi connectivity index (χ0) is 14.6. The number of ether oxygens (including phenoxy) is 2. The molecule has 0 saturated carbocycles. The Morgan fingerprint density at radius 2 is 2.00 bits per heavy atom. The summed E-state index contributed by atoms with van der Waals surface area (Å²) in [5.41, 5.74) is -0.621. The first-order valence-electron chi connectivity index (χ1n) is 6.34. The Labute approximate surface area is 113 Å². The molecule has 6 heteroatoms. The van der Waals surface area contributed by atoms with Crippen LogP contribution in [-0.4, -0.2) is 35.2 Å². The van der Waals surface area contributed by atoms with Crippen LogP contribution in [0.3, 0.4) is 0 Å². The summed E-state index contributed by atoms with van der Waals surface area (Å²) >= 11 is 0. The normalized spacial score (nSPS) is 23.4. The van der Waals surface area contributed by atoms with Crippen LogP contribution in [0.4, 0.5) is 4.79 Å². The first kappa shape index (κ1) is 15.3. The van der Waals surface area contributed by atoms with Gasteiger partial charge in [-0.25, -0.2) is 9.59 Å². The Bertz CT molecular complexity index is 394. The predicted octanol–water partition coefficient (Wildman–Crippen LogP) is 2.05. The van der Waals surface area contributed by atoms with Crippen molar-refractivity contribution in [2.24, 2.45) is 5.92 Å². The maximum atomic E-state index is 12.1. The molecule has 1 saturated heterocycles. The van der Waals surface area contributed by atoms with Gasteiger partial charge in [-0.3, -0.25) is 4.90 Å². The van der Waals surface area contributed by atoms with Crippen molar-refractivity contribution >= 4 is 12.1 Å². The highest BCUT2D eigenvalue weighted by Gasteiger charge is 2.38. The van der Waals surface area contributed by atoms with E-state index in [2.05, 4.69) is 4.74 Å². The fraction of sp³-hybridized carbons (Fsp3) is 0.769. The second kappa shape index (κ2) is 5.91. The van der Waals surface area contributed by atoms with Gasteiger partial charge in [0, 0.05) is 6.54 Å². The molecule has 2 unspecified atom stereocenters. The zero-order valence-electron chi connectivity index (χ0n) is 11.8. The van der Waals surface area contributed by atoms with E-state index in [1.165, 1.54) is 11.2 Å². The van der Waals surface area contributed by atoms with Gasteiger partial charge in [-0.05, 0) is 39.5 Å². The van der Waals surface area contributed by atoms with Gasteiger partial charge >= 0.3 is 12.1 Å². The van der Waals surface area contributed by atoms with E-state index in [-0.39, 0.29) is 0 Å². The van der Waals surface area contributed by atoms with E-state index in [1.807, 2.05) is 6.92 Å². The van der Waals surface area contributed by atoms with E-state index in [4.69, 9.17) is 10.00 Å². The topological polar surface area (TPSA) is 79.6 Å². The molecular formula is C13H20N2O4. The van der Waals surface area contributed by atoms with Gasteiger partial charge in [-0.1, -0.05) is 6.92 Å². The number of hydrogen-bond acceptors (Lipinski definition) is 5. The smallest absolute Gasteiger partial charge is 0.411 e. The van der Waals surface area contributed by atoms with E-state index in [0.29, 0.717) is 18.9 Å². The average Bonchev–Trinajstić information content (AvgIpc) is 2.26. The molecule has 0 aromatic carbocycles. The highest BCUT2D eigenvalue weighted by molar-refractivity contribution is 5.82. The van der Waals surface area contributed by atoms with Crippen LogP contribution in [-0.2, 0) is 14.3 Å². The predicted molar refractivity (Wildman–Crippen MR) is 66.8 cm³/mol. The summed E-state index contributed by atoms with van der Waals surface area (Å²) in [5.74, 6) is -0.394. The fourth-order valence-corrected chi connectivity index (χ4v) is 2.02. The van der Waals surface area contributed by atoms with Crippen molar-refractivity contribution in [2.75, 3.05) is 6.54 Å². The molecule has 0 N–H and O–H groups in total. The third-order valence-electron chi connectivity index (χ3n) is 2.91. The quantitative estimate of drug-likeness (QED) is 0.537. The monoisotopic (exact) mass is 268 g/mol. The maximum Gasteiger partial charge on any atom is 0.411 e. The molecule has 1 rings (SSSR count). The molecule has 1 aliphatic rings. The molecule has 1 heterocycles. The van der Waals surface area contributed by atoms with Crippen LogP contribution < -0.4 is 0 Å². The molecule has 19 heavy (non-hydrogen) atoms. The summed E-state index contributed by atoms with van der Waals surface area (Å²) in [6.07, 6.45) is 2.10. The van der Waals surface area contributed by atoms with Crippen LogP contribution in [0.25, 0.3) is 0 Å².